The van der Waals surface area contributed by atoms with Crippen LogP contribution in [0, 0.1) is 5.82 Å². The first kappa shape index (κ1) is 17.3. The molecule has 2 aromatic carbocycles. The van der Waals surface area contributed by atoms with E-state index in [4.69, 9.17) is 10.2 Å². The zero-order valence-electron chi connectivity index (χ0n) is 15.6. The lowest BCUT2D eigenvalue weighted by atomic mass is 10.0. The second kappa shape index (κ2) is 7.00. The third-order valence-corrected chi connectivity index (χ3v) is 5.64. The van der Waals surface area contributed by atoms with Crippen LogP contribution in [0.2, 0.25) is 0 Å². The minimum absolute atomic E-state index is 0.189. The lowest BCUT2D eigenvalue weighted by molar-refractivity contribution is 0.203. The van der Waals surface area contributed by atoms with Crippen molar-refractivity contribution in [2.45, 2.75) is 25.4 Å². The Bertz CT molecular complexity index is 1110. The number of halogens is 1. The number of furan rings is 1. The van der Waals surface area contributed by atoms with Crippen molar-refractivity contribution in [2.75, 3.05) is 13.1 Å². The Morgan fingerprint density at radius 3 is 2.71 bits per heavy atom. The maximum Gasteiger partial charge on any atom is 0.137 e. The van der Waals surface area contributed by atoms with Gasteiger partial charge in [-0.05, 0) is 55.6 Å². The van der Waals surface area contributed by atoms with Gasteiger partial charge in [0.15, 0.2) is 0 Å². The number of aromatic nitrogens is 1. The zero-order valence-corrected chi connectivity index (χ0v) is 15.6. The second-order valence-electron chi connectivity index (χ2n) is 7.61. The summed E-state index contributed by atoms with van der Waals surface area (Å²) in [4.78, 5) is 6.58. The highest BCUT2D eigenvalue weighted by Gasteiger charge is 2.19. The molecule has 3 heterocycles. The second-order valence-corrected chi connectivity index (χ2v) is 7.61. The first-order valence-electron chi connectivity index (χ1n) is 9.70. The number of benzene rings is 2. The summed E-state index contributed by atoms with van der Waals surface area (Å²) < 4.78 is 20.8. The molecule has 142 valence electrons. The van der Waals surface area contributed by atoms with Crippen molar-refractivity contribution in [1.29, 1.82) is 0 Å². The van der Waals surface area contributed by atoms with Crippen LogP contribution in [0.1, 0.15) is 18.4 Å². The van der Waals surface area contributed by atoms with Gasteiger partial charge in [-0.1, -0.05) is 18.2 Å². The van der Waals surface area contributed by atoms with Crippen LogP contribution in [0.15, 0.2) is 59.3 Å². The molecule has 2 N–H and O–H groups in total. The number of piperidine rings is 1. The van der Waals surface area contributed by atoms with Gasteiger partial charge in [0.2, 0.25) is 0 Å². The number of pyridine rings is 1. The summed E-state index contributed by atoms with van der Waals surface area (Å²) in [5, 5.41) is 2.78. The lowest BCUT2D eigenvalue weighted by Gasteiger charge is -2.30. The molecule has 0 radical (unpaired) electrons. The Balaban J connectivity index is 1.56. The van der Waals surface area contributed by atoms with Gasteiger partial charge in [-0.15, -0.1) is 0 Å². The Labute approximate surface area is 162 Å². The van der Waals surface area contributed by atoms with Gasteiger partial charge in [0.1, 0.15) is 17.2 Å². The molecule has 0 spiro atoms. The van der Waals surface area contributed by atoms with E-state index in [1.165, 1.54) is 0 Å². The molecule has 1 aliphatic rings. The van der Waals surface area contributed by atoms with Gasteiger partial charge in [-0.25, -0.2) is 4.39 Å². The maximum atomic E-state index is 14.8. The number of nitrogens with zero attached hydrogens (tertiary/aromatic N) is 2. The largest absolute Gasteiger partial charge is 0.456 e. The predicted molar refractivity (Wildman–Crippen MR) is 109 cm³/mol. The van der Waals surface area contributed by atoms with Gasteiger partial charge >= 0.3 is 0 Å². The smallest absolute Gasteiger partial charge is 0.137 e. The van der Waals surface area contributed by atoms with Crippen LogP contribution in [0.3, 0.4) is 0 Å². The molecule has 4 nitrogen and oxygen atoms in total. The number of rotatable bonds is 3. The van der Waals surface area contributed by atoms with Crippen molar-refractivity contribution in [3.63, 3.8) is 0 Å². The summed E-state index contributed by atoms with van der Waals surface area (Å²) in [7, 11) is 0. The van der Waals surface area contributed by atoms with Gasteiger partial charge in [0, 0.05) is 46.9 Å². The van der Waals surface area contributed by atoms with Gasteiger partial charge in [0.05, 0.1) is 0 Å². The topological polar surface area (TPSA) is 55.3 Å². The van der Waals surface area contributed by atoms with Gasteiger partial charge < -0.3 is 10.2 Å². The minimum atomic E-state index is -0.189. The number of nitrogens with two attached hydrogens (primary N) is 1. The first-order chi connectivity index (χ1) is 13.7. The maximum absolute atomic E-state index is 14.8. The average Bonchev–Trinajstić information content (AvgIpc) is 3.14. The normalized spacial score (nSPS) is 16.2. The van der Waals surface area contributed by atoms with E-state index in [0.717, 1.165) is 59.0 Å². The molecule has 0 aliphatic carbocycles. The SMILES string of the molecule is NC1CCN(Cc2cc3c(-c4cc5ccccc5o4)cncc3cc2F)CC1. The molecule has 0 saturated carbocycles. The predicted octanol–water partition coefficient (Wildman–Crippen LogP) is 4.71. The number of likely N-dealkylation sites (tertiary alicyclic amines) is 1. The number of hydrogen-bond acceptors (Lipinski definition) is 4. The molecule has 0 unspecified atom stereocenters. The van der Waals surface area contributed by atoms with Crippen molar-refractivity contribution < 1.29 is 8.81 Å². The fourth-order valence-electron chi connectivity index (χ4n) is 4.02. The van der Waals surface area contributed by atoms with Crippen molar-refractivity contribution in [2.24, 2.45) is 5.73 Å². The van der Waals surface area contributed by atoms with Crippen LogP contribution in [-0.4, -0.2) is 29.0 Å². The van der Waals surface area contributed by atoms with Crippen molar-refractivity contribution in [3.8, 4) is 11.3 Å². The molecule has 5 heteroatoms. The van der Waals surface area contributed by atoms with Gasteiger partial charge in [-0.3, -0.25) is 9.88 Å². The molecule has 1 saturated heterocycles. The Morgan fingerprint density at radius 2 is 1.89 bits per heavy atom. The third kappa shape index (κ3) is 3.17. The summed E-state index contributed by atoms with van der Waals surface area (Å²) in [5.41, 5.74) is 8.41. The Kier molecular flexibility index (Phi) is 4.34. The highest BCUT2D eigenvalue weighted by Crippen LogP contribution is 2.33. The molecule has 0 atom stereocenters. The van der Waals surface area contributed by atoms with E-state index >= 15 is 0 Å². The molecule has 2 aromatic heterocycles. The van der Waals surface area contributed by atoms with E-state index in [1.807, 2.05) is 36.4 Å². The molecule has 1 aliphatic heterocycles. The lowest BCUT2D eigenvalue weighted by Crippen LogP contribution is -2.39. The van der Waals surface area contributed by atoms with Crippen molar-refractivity contribution >= 4 is 21.7 Å². The molecule has 4 aromatic rings. The summed E-state index contributed by atoms with van der Waals surface area (Å²) in [6, 6.07) is 13.7. The number of hydrogen-bond donors (Lipinski definition) is 1. The minimum Gasteiger partial charge on any atom is -0.456 e. The van der Waals surface area contributed by atoms with Crippen molar-refractivity contribution in [1.82, 2.24) is 9.88 Å². The van der Waals surface area contributed by atoms with Crippen LogP contribution in [-0.2, 0) is 6.54 Å². The van der Waals surface area contributed by atoms with Crippen LogP contribution in [0.5, 0.6) is 0 Å². The molecule has 1 fully saturated rings. The monoisotopic (exact) mass is 375 g/mol. The number of para-hydroxylation sites is 1. The fraction of sp³-hybridized carbons (Fsp3) is 0.261. The van der Waals surface area contributed by atoms with E-state index < -0.39 is 0 Å². The van der Waals surface area contributed by atoms with E-state index in [-0.39, 0.29) is 11.9 Å². The van der Waals surface area contributed by atoms with Crippen LogP contribution in [0.25, 0.3) is 33.1 Å². The molecule has 5 rings (SSSR count). The first-order valence-corrected chi connectivity index (χ1v) is 9.70. The fourth-order valence-corrected chi connectivity index (χ4v) is 4.02. The standard InChI is InChI=1S/C23H22FN3O/c24-21-10-16-12-26-13-20(23-11-15-3-1-2-4-22(15)28-23)19(16)9-17(21)14-27-7-5-18(25)6-8-27/h1-4,9-13,18H,5-8,14,25H2. The molecule has 0 bridgehead atoms. The van der Waals surface area contributed by atoms with E-state index in [9.17, 15) is 4.39 Å². The van der Waals surface area contributed by atoms with Gasteiger partial charge in [-0.2, -0.15) is 0 Å². The van der Waals surface area contributed by atoms with E-state index in [1.54, 1.807) is 18.5 Å². The Hall–Kier alpha value is -2.76. The van der Waals surface area contributed by atoms with Gasteiger partial charge in [0.25, 0.3) is 0 Å². The summed E-state index contributed by atoms with van der Waals surface area (Å²) in [6.07, 6.45) is 5.42. The summed E-state index contributed by atoms with van der Waals surface area (Å²) in [5.74, 6) is 0.562. The molecular weight excluding hydrogens is 353 g/mol. The number of fused-ring (bicyclic) bond motifs is 2. The van der Waals surface area contributed by atoms with Crippen LogP contribution < -0.4 is 5.73 Å². The molecule has 0 amide bonds. The summed E-state index contributed by atoms with van der Waals surface area (Å²) >= 11 is 0. The zero-order chi connectivity index (χ0) is 19.1. The van der Waals surface area contributed by atoms with E-state index in [0.29, 0.717) is 12.1 Å². The van der Waals surface area contributed by atoms with Crippen molar-refractivity contribution in [3.05, 3.63) is 66.2 Å². The average molecular weight is 375 g/mol. The molecular formula is C23H22FN3O. The van der Waals surface area contributed by atoms with Crippen LogP contribution >= 0.6 is 0 Å². The third-order valence-electron chi connectivity index (χ3n) is 5.64. The highest BCUT2D eigenvalue weighted by atomic mass is 19.1. The van der Waals surface area contributed by atoms with E-state index in [2.05, 4.69) is 9.88 Å². The molecule has 28 heavy (non-hydrogen) atoms. The highest BCUT2D eigenvalue weighted by molar-refractivity contribution is 5.97. The Morgan fingerprint density at radius 1 is 1.07 bits per heavy atom. The quantitative estimate of drug-likeness (QED) is 0.563. The summed E-state index contributed by atoms with van der Waals surface area (Å²) in [6.45, 7) is 2.41. The van der Waals surface area contributed by atoms with Crippen LogP contribution in [0.4, 0.5) is 4.39 Å².